The summed E-state index contributed by atoms with van der Waals surface area (Å²) in [4.78, 5) is 15.5. The van der Waals surface area contributed by atoms with Crippen LogP contribution in [0.1, 0.15) is 11.1 Å². The molecule has 0 spiro atoms. The molecular formula is C24H21NO4. The maximum Gasteiger partial charge on any atom is 0.294 e. The third kappa shape index (κ3) is 4.24. The van der Waals surface area contributed by atoms with Crippen molar-refractivity contribution >= 4 is 10.9 Å². The normalized spacial score (nSPS) is 10.7. The first-order chi connectivity index (χ1) is 14.2. The van der Waals surface area contributed by atoms with Crippen LogP contribution in [0, 0.1) is 0 Å². The van der Waals surface area contributed by atoms with Crippen molar-refractivity contribution in [2.24, 2.45) is 0 Å². The maximum atomic E-state index is 12.6. The molecule has 146 valence electrons. The molecule has 4 rings (SSSR count). The second kappa shape index (κ2) is 8.52. The fourth-order valence-electron chi connectivity index (χ4n) is 3.12. The minimum Gasteiger partial charge on any atom is -0.492 e. The number of H-pyrrole nitrogens is 1. The number of ether oxygens (including phenoxy) is 3. The van der Waals surface area contributed by atoms with E-state index in [-0.39, 0.29) is 17.9 Å². The molecule has 5 heteroatoms. The maximum absolute atomic E-state index is 12.6. The summed E-state index contributed by atoms with van der Waals surface area (Å²) in [6, 6.07) is 25.1. The van der Waals surface area contributed by atoms with Crippen molar-refractivity contribution in [3.63, 3.8) is 0 Å². The highest BCUT2D eigenvalue weighted by Gasteiger charge is 2.16. The first-order valence-electron chi connectivity index (χ1n) is 9.32. The van der Waals surface area contributed by atoms with Crippen LogP contribution in [0.3, 0.4) is 0 Å². The van der Waals surface area contributed by atoms with Crippen LogP contribution in [-0.2, 0) is 13.2 Å². The summed E-state index contributed by atoms with van der Waals surface area (Å²) in [5.74, 6) is 1.24. The van der Waals surface area contributed by atoms with Crippen molar-refractivity contribution in [1.29, 1.82) is 0 Å². The number of nitrogens with one attached hydrogen (secondary N) is 1. The third-order valence-electron chi connectivity index (χ3n) is 4.57. The van der Waals surface area contributed by atoms with Gasteiger partial charge in [-0.3, -0.25) is 4.79 Å². The van der Waals surface area contributed by atoms with Crippen LogP contribution in [0.4, 0.5) is 0 Å². The Morgan fingerprint density at radius 2 is 1.38 bits per heavy atom. The lowest BCUT2D eigenvalue weighted by molar-refractivity contribution is 0.281. The molecule has 0 atom stereocenters. The molecular weight excluding hydrogens is 366 g/mol. The van der Waals surface area contributed by atoms with E-state index >= 15 is 0 Å². The molecule has 1 heterocycles. The zero-order valence-corrected chi connectivity index (χ0v) is 16.1. The van der Waals surface area contributed by atoms with Gasteiger partial charge in [-0.05, 0) is 23.3 Å². The molecule has 0 aliphatic rings. The summed E-state index contributed by atoms with van der Waals surface area (Å²) in [7, 11) is 1.53. The Hall–Kier alpha value is -3.73. The van der Waals surface area contributed by atoms with Crippen LogP contribution < -0.4 is 19.8 Å². The zero-order chi connectivity index (χ0) is 20.1. The predicted octanol–water partition coefficient (Wildman–Crippen LogP) is 4.69. The molecule has 0 radical (unpaired) electrons. The number of rotatable bonds is 7. The van der Waals surface area contributed by atoms with Crippen LogP contribution in [-0.4, -0.2) is 12.1 Å². The molecule has 0 fully saturated rings. The van der Waals surface area contributed by atoms with Gasteiger partial charge < -0.3 is 19.2 Å². The van der Waals surface area contributed by atoms with Gasteiger partial charge in [-0.2, -0.15) is 0 Å². The van der Waals surface area contributed by atoms with E-state index in [1.165, 1.54) is 7.11 Å². The van der Waals surface area contributed by atoms with E-state index in [1.807, 2.05) is 72.8 Å². The molecule has 0 saturated carbocycles. The number of fused-ring (bicyclic) bond motifs is 1. The monoisotopic (exact) mass is 387 g/mol. The van der Waals surface area contributed by atoms with Crippen molar-refractivity contribution in [3.05, 3.63) is 100 Å². The highest BCUT2D eigenvalue weighted by molar-refractivity contribution is 5.88. The molecule has 0 unspecified atom stereocenters. The van der Waals surface area contributed by atoms with Gasteiger partial charge in [0.1, 0.15) is 19.0 Å². The van der Waals surface area contributed by atoms with Gasteiger partial charge in [0.2, 0.25) is 5.75 Å². The molecule has 0 bridgehead atoms. The SMILES string of the molecule is COc1c(OCc2ccccc2)c(=O)[nH]c2cc(OCc3ccccc3)ccc12. The quantitative estimate of drug-likeness (QED) is 0.500. The third-order valence-corrected chi connectivity index (χ3v) is 4.57. The van der Waals surface area contributed by atoms with Crippen LogP contribution >= 0.6 is 0 Å². The molecule has 0 aliphatic carbocycles. The summed E-state index contributed by atoms with van der Waals surface area (Å²) in [5, 5.41) is 0.752. The number of hydrogen-bond donors (Lipinski definition) is 1. The number of benzene rings is 3. The molecule has 0 saturated heterocycles. The molecule has 0 amide bonds. The minimum atomic E-state index is -0.342. The Morgan fingerprint density at radius 3 is 2.00 bits per heavy atom. The van der Waals surface area contributed by atoms with E-state index in [2.05, 4.69) is 4.98 Å². The Bertz CT molecular complexity index is 1150. The average molecular weight is 387 g/mol. The van der Waals surface area contributed by atoms with Crippen molar-refractivity contribution in [2.45, 2.75) is 13.2 Å². The van der Waals surface area contributed by atoms with E-state index in [0.717, 1.165) is 16.5 Å². The molecule has 0 aliphatic heterocycles. The number of aromatic nitrogens is 1. The van der Waals surface area contributed by atoms with Crippen LogP contribution in [0.25, 0.3) is 10.9 Å². The highest BCUT2D eigenvalue weighted by Crippen LogP contribution is 2.33. The smallest absolute Gasteiger partial charge is 0.294 e. The molecule has 3 aromatic carbocycles. The van der Waals surface area contributed by atoms with Gasteiger partial charge in [0.15, 0.2) is 5.75 Å². The Morgan fingerprint density at radius 1 is 0.759 bits per heavy atom. The van der Waals surface area contributed by atoms with Gasteiger partial charge in [0.05, 0.1) is 12.6 Å². The number of pyridine rings is 1. The summed E-state index contributed by atoms with van der Waals surface area (Å²) in [6.07, 6.45) is 0. The van der Waals surface area contributed by atoms with Crippen LogP contribution in [0.5, 0.6) is 17.2 Å². The molecule has 1 aromatic heterocycles. The molecule has 1 N–H and O–H groups in total. The van der Waals surface area contributed by atoms with Gasteiger partial charge in [-0.1, -0.05) is 60.7 Å². The first kappa shape index (κ1) is 18.6. The average Bonchev–Trinajstić information content (AvgIpc) is 2.77. The number of aromatic amines is 1. The van der Waals surface area contributed by atoms with Crippen molar-refractivity contribution in [3.8, 4) is 17.2 Å². The van der Waals surface area contributed by atoms with Gasteiger partial charge in [-0.15, -0.1) is 0 Å². The van der Waals surface area contributed by atoms with Gasteiger partial charge in [-0.25, -0.2) is 0 Å². The summed E-state index contributed by atoms with van der Waals surface area (Å²) < 4.78 is 17.2. The number of hydrogen-bond acceptors (Lipinski definition) is 4. The standard InChI is InChI=1S/C24H21NO4/c1-27-22-20-13-12-19(28-15-17-8-4-2-5-9-17)14-21(20)25-24(26)23(22)29-16-18-10-6-3-7-11-18/h2-14H,15-16H2,1H3,(H,25,26). The van der Waals surface area contributed by atoms with E-state index in [0.29, 0.717) is 23.6 Å². The van der Waals surface area contributed by atoms with Gasteiger partial charge >= 0.3 is 0 Å². The highest BCUT2D eigenvalue weighted by atomic mass is 16.5. The topological polar surface area (TPSA) is 60.5 Å². The first-order valence-corrected chi connectivity index (χ1v) is 9.32. The zero-order valence-electron chi connectivity index (χ0n) is 16.1. The lowest BCUT2D eigenvalue weighted by Crippen LogP contribution is -2.13. The van der Waals surface area contributed by atoms with Crippen molar-refractivity contribution in [1.82, 2.24) is 4.98 Å². The van der Waals surface area contributed by atoms with E-state index in [1.54, 1.807) is 6.07 Å². The van der Waals surface area contributed by atoms with Crippen molar-refractivity contribution in [2.75, 3.05) is 7.11 Å². The van der Waals surface area contributed by atoms with Crippen LogP contribution in [0.15, 0.2) is 83.7 Å². The molecule has 29 heavy (non-hydrogen) atoms. The fraction of sp³-hybridized carbons (Fsp3) is 0.125. The van der Waals surface area contributed by atoms with E-state index in [9.17, 15) is 4.79 Å². The second-order valence-corrected chi connectivity index (χ2v) is 6.57. The second-order valence-electron chi connectivity index (χ2n) is 6.57. The molecule has 4 aromatic rings. The lowest BCUT2D eigenvalue weighted by atomic mass is 10.2. The number of methoxy groups -OCH3 is 1. The van der Waals surface area contributed by atoms with Crippen molar-refractivity contribution < 1.29 is 14.2 Å². The van der Waals surface area contributed by atoms with E-state index in [4.69, 9.17) is 14.2 Å². The summed E-state index contributed by atoms with van der Waals surface area (Å²) in [5.41, 5.74) is 2.33. The predicted molar refractivity (Wildman–Crippen MR) is 113 cm³/mol. The molecule has 5 nitrogen and oxygen atoms in total. The van der Waals surface area contributed by atoms with E-state index < -0.39 is 0 Å². The summed E-state index contributed by atoms with van der Waals surface area (Å²) in [6.45, 7) is 0.732. The van der Waals surface area contributed by atoms with Gasteiger partial charge in [0, 0.05) is 11.5 Å². The summed E-state index contributed by atoms with van der Waals surface area (Å²) >= 11 is 0. The fourth-order valence-corrected chi connectivity index (χ4v) is 3.12. The Labute approximate surface area is 168 Å². The van der Waals surface area contributed by atoms with Gasteiger partial charge in [0.25, 0.3) is 5.56 Å². The van der Waals surface area contributed by atoms with Crippen LogP contribution in [0.2, 0.25) is 0 Å². The Balaban J connectivity index is 1.60. The largest absolute Gasteiger partial charge is 0.492 e. The Kier molecular flexibility index (Phi) is 5.47. The lowest BCUT2D eigenvalue weighted by Gasteiger charge is -2.13. The minimum absolute atomic E-state index is 0.168.